The molecule has 1 atom stereocenters. The third kappa shape index (κ3) is 5.14. The van der Waals surface area contributed by atoms with E-state index in [-0.39, 0.29) is 11.8 Å². The van der Waals surface area contributed by atoms with Crippen molar-refractivity contribution in [2.75, 3.05) is 37.7 Å². The molecule has 0 radical (unpaired) electrons. The average molecular weight is 410 g/mol. The van der Waals surface area contributed by atoms with Crippen LogP contribution in [0.3, 0.4) is 0 Å². The predicted molar refractivity (Wildman–Crippen MR) is 112 cm³/mol. The molecule has 1 aromatic heterocycles. The monoisotopic (exact) mass is 410 g/mol. The molecule has 0 aliphatic carbocycles. The molecule has 0 saturated carbocycles. The Morgan fingerprint density at radius 2 is 1.73 bits per heavy atom. The summed E-state index contributed by atoms with van der Waals surface area (Å²) >= 11 is 0. The Balaban J connectivity index is 1.51. The highest BCUT2D eigenvalue weighted by molar-refractivity contribution is 5.97. The number of pyridine rings is 1. The van der Waals surface area contributed by atoms with Crippen LogP contribution in [0.2, 0.25) is 0 Å². The Morgan fingerprint density at radius 1 is 1.03 bits per heavy atom. The minimum absolute atomic E-state index is 0.107. The molecule has 1 aliphatic heterocycles. The Morgan fingerprint density at radius 3 is 2.33 bits per heavy atom. The predicted octanol–water partition coefficient (Wildman–Crippen LogP) is 1.73. The van der Waals surface area contributed by atoms with Crippen LogP contribution in [0.1, 0.15) is 34.6 Å². The molecule has 8 heteroatoms. The molecular weight excluding hydrogens is 384 g/mol. The maximum absolute atomic E-state index is 12.7. The van der Waals surface area contributed by atoms with Gasteiger partial charge in [-0.05, 0) is 38.1 Å². The van der Waals surface area contributed by atoms with E-state index in [1.807, 2.05) is 6.07 Å². The van der Waals surface area contributed by atoms with Crippen molar-refractivity contribution in [3.8, 4) is 0 Å². The normalized spacial score (nSPS) is 14.7. The Labute approximate surface area is 175 Å². The minimum atomic E-state index is -0.605. The van der Waals surface area contributed by atoms with E-state index in [2.05, 4.69) is 15.2 Å². The van der Waals surface area contributed by atoms with Crippen molar-refractivity contribution < 1.29 is 19.1 Å². The molecule has 158 valence electrons. The number of ether oxygens (including phenoxy) is 1. The molecule has 1 unspecified atom stereocenters. The van der Waals surface area contributed by atoms with Crippen molar-refractivity contribution in [2.24, 2.45) is 0 Å². The summed E-state index contributed by atoms with van der Waals surface area (Å²) < 4.78 is 4.97. The van der Waals surface area contributed by atoms with Gasteiger partial charge in [-0.2, -0.15) is 0 Å². The summed E-state index contributed by atoms with van der Waals surface area (Å²) in [7, 11) is 0. The van der Waals surface area contributed by atoms with Gasteiger partial charge in [0.05, 0.1) is 12.2 Å². The first-order chi connectivity index (χ1) is 14.5. The average Bonchev–Trinajstić information content (AvgIpc) is 2.79. The molecule has 0 spiro atoms. The van der Waals surface area contributed by atoms with E-state index >= 15 is 0 Å². The van der Waals surface area contributed by atoms with Crippen LogP contribution in [0.5, 0.6) is 0 Å². The fraction of sp³-hybridized carbons (Fsp3) is 0.364. The number of amides is 2. The topological polar surface area (TPSA) is 91.8 Å². The maximum atomic E-state index is 12.7. The number of carbonyl (C=O) groups excluding carboxylic acids is 3. The highest BCUT2D eigenvalue weighted by atomic mass is 16.5. The van der Waals surface area contributed by atoms with Gasteiger partial charge >= 0.3 is 5.97 Å². The summed E-state index contributed by atoms with van der Waals surface area (Å²) in [6.07, 6.45) is 1.51. The molecule has 1 N–H and O–H groups in total. The van der Waals surface area contributed by atoms with Crippen LogP contribution in [0.15, 0.2) is 48.7 Å². The van der Waals surface area contributed by atoms with Crippen LogP contribution in [0.4, 0.5) is 5.82 Å². The number of hydrogen-bond donors (Lipinski definition) is 1. The number of hydrogen-bond acceptors (Lipinski definition) is 6. The summed E-state index contributed by atoms with van der Waals surface area (Å²) in [6, 6.07) is 11.7. The fourth-order valence-corrected chi connectivity index (χ4v) is 3.27. The quantitative estimate of drug-likeness (QED) is 0.729. The number of nitrogens with zero attached hydrogens (tertiary/aromatic N) is 3. The SMILES string of the molecule is CCOC(=O)c1ccc(N2CCN(C(=O)C(C)NC(=O)c3ccccc3)CC2)nc1. The minimum Gasteiger partial charge on any atom is -0.462 e. The lowest BCUT2D eigenvalue weighted by molar-refractivity contribution is -0.133. The Kier molecular flexibility index (Phi) is 7.00. The summed E-state index contributed by atoms with van der Waals surface area (Å²) in [4.78, 5) is 44.9. The standard InChI is InChI=1S/C22H26N4O4/c1-3-30-22(29)18-9-10-19(23-15-18)25-11-13-26(14-12-25)21(28)16(2)24-20(27)17-7-5-4-6-8-17/h4-10,15-16H,3,11-14H2,1-2H3,(H,24,27). The first-order valence-corrected chi connectivity index (χ1v) is 10.0. The van der Waals surface area contributed by atoms with Gasteiger partial charge in [0.25, 0.3) is 5.91 Å². The molecule has 30 heavy (non-hydrogen) atoms. The van der Waals surface area contributed by atoms with E-state index in [1.54, 1.807) is 55.1 Å². The zero-order chi connectivity index (χ0) is 21.5. The highest BCUT2D eigenvalue weighted by Crippen LogP contribution is 2.15. The second-order valence-corrected chi connectivity index (χ2v) is 7.00. The summed E-state index contributed by atoms with van der Waals surface area (Å²) in [5, 5.41) is 2.76. The Hall–Kier alpha value is -3.42. The molecule has 1 aromatic carbocycles. The van der Waals surface area contributed by atoms with E-state index < -0.39 is 12.0 Å². The van der Waals surface area contributed by atoms with Crippen LogP contribution in [-0.2, 0) is 9.53 Å². The number of nitrogens with one attached hydrogen (secondary N) is 1. The van der Waals surface area contributed by atoms with E-state index in [0.717, 1.165) is 5.82 Å². The number of benzene rings is 1. The third-order valence-electron chi connectivity index (χ3n) is 4.93. The van der Waals surface area contributed by atoms with Gasteiger partial charge in [0, 0.05) is 37.9 Å². The molecular formula is C22H26N4O4. The largest absolute Gasteiger partial charge is 0.462 e. The van der Waals surface area contributed by atoms with Crippen LogP contribution >= 0.6 is 0 Å². The molecule has 1 saturated heterocycles. The second kappa shape index (κ2) is 9.87. The second-order valence-electron chi connectivity index (χ2n) is 7.00. The highest BCUT2D eigenvalue weighted by Gasteiger charge is 2.26. The van der Waals surface area contributed by atoms with Gasteiger partial charge in [0.15, 0.2) is 0 Å². The Bertz CT molecular complexity index is 878. The zero-order valence-electron chi connectivity index (χ0n) is 17.2. The maximum Gasteiger partial charge on any atom is 0.339 e. The van der Waals surface area contributed by atoms with Crippen LogP contribution < -0.4 is 10.2 Å². The lowest BCUT2D eigenvalue weighted by atomic mass is 10.2. The lowest BCUT2D eigenvalue weighted by Gasteiger charge is -2.36. The van der Waals surface area contributed by atoms with Gasteiger partial charge in [-0.3, -0.25) is 9.59 Å². The molecule has 2 aromatic rings. The van der Waals surface area contributed by atoms with Crippen molar-refractivity contribution in [1.29, 1.82) is 0 Å². The molecule has 8 nitrogen and oxygen atoms in total. The number of piperazine rings is 1. The fourth-order valence-electron chi connectivity index (χ4n) is 3.27. The lowest BCUT2D eigenvalue weighted by Crippen LogP contribution is -2.54. The van der Waals surface area contributed by atoms with Crippen molar-refractivity contribution in [1.82, 2.24) is 15.2 Å². The molecule has 0 bridgehead atoms. The van der Waals surface area contributed by atoms with Gasteiger partial charge < -0.3 is 19.9 Å². The van der Waals surface area contributed by atoms with Crippen LogP contribution in [-0.4, -0.2) is 66.5 Å². The van der Waals surface area contributed by atoms with Gasteiger partial charge in [-0.25, -0.2) is 9.78 Å². The molecule has 1 fully saturated rings. The van der Waals surface area contributed by atoms with E-state index in [1.165, 1.54) is 6.20 Å². The number of rotatable bonds is 6. The summed E-state index contributed by atoms with van der Waals surface area (Å²) in [6.45, 7) is 6.09. The first-order valence-electron chi connectivity index (χ1n) is 10.0. The first kappa shape index (κ1) is 21.3. The number of anilines is 1. The van der Waals surface area contributed by atoms with E-state index in [4.69, 9.17) is 4.74 Å². The number of esters is 1. The molecule has 3 rings (SSSR count). The zero-order valence-corrected chi connectivity index (χ0v) is 17.2. The summed E-state index contributed by atoms with van der Waals surface area (Å²) in [5.41, 5.74) is 0.941. The van der Waals surface area contributed by atoms with E-state index in [0.29, 0.717) is 43.9 Å². The van der Waals surface area contributed by atoms with Crippen LogP contribution in [0, 0.1) is 0 Å². The van der Waals surface area contributed by atoms with Gasteiger partial charge in [0.2, 0.25) is 5.91 Å². The van der Waals surface area contributed by atoms with Crippen molar-refractivity contribution in [3.05, 3.63) is 59.8 Å². The molecule has 2 heterocycles. The molecule has 1 aliphatic rings. The van der Waals surface area contributed by atoms with Gasteiger partial charge in [-0.15, -0.1) is 0 Å². The summed E-state index contributed by atoms with van der Waals surface area (Å²) in [5.74, 6) is -0.00963. The number of carbonyl (C=O) groups is 3. The van der Waals surface area contributed by atoms with E-state index in [9.17, 15) is 14.4 Å². The smallest absolute Gasteiger partial charge is 0.339 e. The van der Waals surface area contributed by atoms with Crippen molar-refractivity contribution >= 4 is 23.6 Å². The van der Waals surface area contributed by atoms with Gasteiger partial charge in [-0.1, -0.05) is 18.2 Å². The van der Waals surface area contributed by atoms with Crippen molar-refractivity contribution in [2.45, 2.75) is 19.9 Å². The van der Waals surface area contributed by atoms with Crippen molar-refractivity contribution in [3.63, 3.8) is 0 Å². The molecule has 2 amide bonds. The third-order valence-corrected chi connectivity index (χ3v) is 4.93. The van der Waals surface area contributed by atoms with Crippen LogP contribution in [0.25, 0.3) is 0 Å². The number of aromatic nitrogens is 1. The van der Waals surface area contributed by atoms with Gasteiger partial charge in [0.1, 0.15) is 11.9 Å².